The van der Waals surface area contributed by atoms with Gasteiger partial charge in [-0.05, 0) is 33.2 Å². The van der Waals surface area contributed by atoms with Crippen LogP contribution in [0.25, 0.3) is 0 Å². The fourth-order valence-corrected chi connectivity index (χ4v) is 3.03. The van der Waals surface area contributed by atoms with E-state index in [1.165, 1.54) is 0 Å². The Labute approximate surface area is 146 Å². The van der Waals surface area contributed by atoms with Crippen LogP contribution in [0.1, 0.15) is 37.2 Å². The standard InChI is InChI=1S/C16H24N6O3/c1-10-7-14(20-24-10)19-16(23)11(2)17-13-5-4-6-22(8-13)9-15-18-12(3)25-21-15/h7,11,13,17H,4-6,8-9H2,1-3H3,(H,19,20,23)/t11-,13-/m1/s1. The van der Waals surface area contributed by atoms with Crippen molar-refractivity contribution in [3.63, 3.8) is 0 Å². The van der Waals surface area contributed by atoms with Gasteiger partial charge in [-0.1, -0.05) is 10.3 Å². The molecule has 2 atom stereocenters. The topological polar surface area (TPSA) is 109 Å². The van der Waals surface area contributed by atoms with E-state index >= 15 is 0 Å². The molecule has 25 heavy (non-hydrogen) atoms. The summed E-state index contributed by atoms with van der Waals surface area (Å²) in [5, 5.41) is 13.9. The molecule has 1 aliphatic rings. The van der Waals surface area contributed by atoms with Gasteiger partial charge in [0.25, 0.3) is 0 Å². The van der Waals surface area contributed by atoms with Crippen molar-refractivity contribution in [2.75, 3.05) is 18.4 Å². The lowest BCUT2D eigenvalue weighted by atomic mass is 10.0. The third-order valence-corrected chi connectivity index (χ3v) is 4.20. The second kappa shape index (κ2) is 7.75. The Morgan fingerprint density at radius 1 is 1.40 bits per heavy atom. The molecule has 2 aromatic rings. The molecular formula is C16H24N6O3. The monoisotopic (exact) mass is 348 g/mol. The zero-order valence-electron chi connectivity index (χ0n) is 14.8. The Morgan fingerprint density at radius 2 is 2.24 bits per heavy atom. The van der Waals surface area contributed by atoms with Crippen molar-refractivity contribution in [2.24, 2.45) is 0 Å². The third kappa shape index (κ3) is 4.86. The Bertz CT molecular complexity index is 712. The first-order valence-corrected chi connectivity index (χ1v) is 8.51. The van der Waals surface area contributed by atoms with E-state index in [-0.39, 0.29) is 18.0 Å². The van der Waals surface area contributed by atoms with E-state index in [1.54, 1.807) is 19.9 Å². The lowest BCUT2D eigenvalue weighted by Gasteiger charge is -2.33. The normalized spacial score (nSPS) is 19.7. The van der Waals surface area contributed by atoms with E-state index in [9.17, 15) is 4.79 Å². The molecule has 1 saturated heterocycles. The fraction of sp³-hybridized carbons (Fsp3) is 0.625. The van der Waals surface area contributed by atoms with Gasteiger partial charge >= 0.3 is 0 Å². The van der Waals surface area contributed by atoms with Crippen molar-refractivity contribution in [1.29, 1.82) is 0 Å². The van der Waals surface area contributed by atoms with Gasteiger partial charge in [0, 0.05) is 25.6 Å². The highest BCUT2D eigenvalue weighted by molar-refractivity contribution is 5.93. The summed E-state index contributed by atoms with van der Waals surface area (Å²) < 4.78 is 9.97. The quantitative estimate of drug-likeness (QED) is 0.803. The number of carbonyl (C=O) groups is 1. The maximum absolute atomic E-state index is 12.3. The zero-order chi connectivity index (χ0) is 17.8. The Hall–Kier alpha value is -2.26. The number of hydrogen-bond acceptors (Lipinski definition) is 8. The van der Waals surface area contributed by atoms with Crippen molar-refractivity contribution in [3.8, 4) is 0 Å². The Balaban J connectivity index is 1.48. The molecule has 3 rings (SSSR count). The van der Waals surface area contributed by atoms with Crippen LogP contribution in [0.2, 0.25) is 0 Å². The van der Waals surface area contributed by atoms with E-state index in [1.807, 2.05) is 6.92 Å². The summed E-state index contributed by atoms with van der Waals surface area (Å²) in [5.41, 5.74) is 0. The largest absolute Gasteiger partial charge is 0.360 e. The molecule has 2 aromatic heterocycles. The predicted octanol–water partition coefficient (Wildman–Crippen LogP) is 1.26. The number of amides is 1. The summed E-state index contributed by atoms with van der Waals surface area (Å²) in [6.45, 7) is 7.91. The molecule has 0 bridgehead atoms. The number of aromatic nitrogens is 3. The number of rotatable bonds is 6. The first kappa shape index (κ1) is 17.6. The number of likely N-dealkylation sites (tertiary alicyclic amines) is 1. The molecule has 2 N–H and O–H groups in total. The number of piperidine rings is 1. The third-order valence-electron chi connectivity index (χ3n) is 4.20. The molecule has 0 unspecified atom stereocenters. The van der Waals surface area contributed by atoms with Gasteiger partial charge in [-0.25, -0.2) is 0 Å². The average Bonchev–Trinajstić information content (AvgIpc) is 3.16. The van der Waals surface area contributed by atoms with Gasteiger partial charge in [0.15, 0.2) is 11.6 Å². The molecule has 9 heteroatoms. The van der Waals surface area contributed by atoms with Crippen molar-refractivity contribution in [1.82, 2.24) is 25.5 Å². The number of aryl methyl sites for hydroxylation is 2. The first-order valence-electron chi connectivity index (χ1n) is 8.51. The van der Waals surface area contributed by atoms with Crippen molar-refractivity contribution in [3.05, 3.63) is 23.5 Å². The maximum atomic E-state index is 12.3. The van der Waals surface area contributed by atoms with E-state index < -0.39 is 0 Å². The number of carbonyl (C=O) groups excluding carboxylic acids is 1. The molecule has 0 spiro atoms. The van der Waals surface area contributed by atoms with Gasteiger partial charge < -0.3 is 19.7 Å². The number of anilines is 1. The summed E-state index contributed by atoms with van der Waals surface area (Å²) in [6.07, 6.45) is 2.09. The van der Waals surface area contributed by atoms with Crippen LogP contribution < -0.4 is 10.6 Å². The van der Waals surface area contributed by atoms with Crippen LogP contribution in [0, 0.1) is 13.8 Å². The summed E-state index contributed by atoms with van der Waals surface area (Å²) >= 11 is 0. The van der Waals surface area contributed by atoms with Crippen LogP contribution >= 0.6 is 0 Å². The van der Waals surface area contributed by atoms with Gasteiger partial charge in [0.2, 0.25) is 11.8 Å². The highest BCUT2D eigenvalue weighted by Crippen LogP contribution is 2.14. The van der Waals surface area contributed by atoms with Crippen LogP contribution in [0.3, 0.4) is 0 Å². The molecule has 0 saturated carbocycles. The fourth-order valence-electron chi connectivity index (χ4n) is 3.03. The van der Waals surface area contributed by atoms with E-state index in [0.29, 0.717) is 29.8 Å². The summed E-state index contributed by atoms with van der Waals surface area (Å²) in [4.78, 5) is 18.8. The van der Waals surface area contributed by atoms with E-state index in [4.69, 9.17) is 9.05 Å². The second-order valence-electron chi connectivity index (χ2n) is 6.50. The SMILES string of the molecule is Cc1cc(NC(=O)[C@@H](C)N[C@@H]2CCCN(Cc3noc(C)n3)C2)no1. The number of nitrogens with one attached hydrogen (secondary N) is 2. The molecule has 3 heterocycles. The Kier molecular flexibility index (Phi) is 5.44. The lowest BCUT2D eigenvalue weighted by molar-refractivity contribution is -0.118. The smallest absolute Gasteiger partial charge is 0.242 e. The zero-order valence-corrected chi connectivity index (χ0v) is 14.8. The molecule has 136 valence electrons. The van der Waals surface area contributed by atoms with Gasteiger partial charge in [-0.2, -0.15) is 4.98 Å². The highest BCUT2D eigenvalue weighted by Gasteiger charge is 2.24. The predicted molar refractivity (Wildman–Crippen MR) is 89.8 cm³/mol. The highest BCUT2D eigenvalue weighted by atomic mass is 16.5. The molecule has 1 aliphatic heterocycles. The van der Waals surface area contributed by atoms with Crippen LogP contribution in [0.5, 0.6) is 0 Å². The van der Waals surface area contributed by atoms with Crippen molar-refractivity contribution < 1.29 is 13.8 Å². The molecular weight excluding hydrogens is 324 g/mol. The second-order valence-corrected chi connectivity index (χ2v) is 6.50. The molecule has 1 fully saturated rings. The first-order chi connectivity index (χ1) is 12.0. The van der Waals surface area contributed by atoms with Crippen LogP contribution in [0.15, 0.2) is 15.1 Å². The van der Waals surface area contributed by atoms with Crippen molar-refractivity contribution >= 4 is 11.7 Å². The minimum atomic E-state index is -0.325. The molecule has 9 nitrogen and oxygen atoms in total. The minimum Gasteiger partial charge on any atom is -0.360 e. The molecule has 1 amide bonds. The molecule has 0 radical (unpaired) electrons. The van der Waals surface area contributed by atoms with Crippen LogP contribution in [0.4, 0.5) is 5.82 Å². The van der Waals surface area contributed by atoms with Crippen molar-refractivity contribution in [2.45, 2.75) is 52.2 Å². The summed E-state index contributed by atoms with van der Waals surface area (Å²) in [5.74, 6) is 2.25. The minimum absolute atomic E-state index is 0.126. The van der Waals surface area contributed by atoms with Crippen LogP contribution in [-0.2, 0) is 11.3 Å². The average molecular weight is 348 g/mol. The lowest BCUT2D eigenvalue weighted by Crippen LogP contribution is -2.51. The van der Waals surface area contributed by atoms with Crippen LogP contribution in [-0.4, -0.2) is 51.3 Å². The maximum Gasteiger partial charge on any atom is 0.242 e. The summed E-state index contributed by atoms with van der Waals surface area (Å²) in [7, 11) is 0. The van der Waals surface area contributed by atoms with Gasteiger partial charge in [0.05, 0.1) is 12.6 Å². The summed E-state index contributed by atoms with van der Waals surface area (Å²) in [6, 6.07) is 1.61. The van der Waals surface area contributed by atoms with Gasteiger partial charge in [-0.3, -0.25) is 9.69 Å². The Morgan fingerprint density at radius 3 is 2.92 bits per heavy atom. The van der Waals surface area contributed by atoms with Gasteiger partial charge in [0.1, 0.15) is 5.76 Å². The molecule has 0 aliphatic carbocycles. The number of nitrogens with zero attached hydrogens (tertiary/aromatic N) is 4. The van der Waals surface area contributed by atoms with E-state index in [0.717, 1.165) is 25.9 Å². The van der Waals surface area contributed by atoms with Gasteiger partial charge in [-0.15, -0.1) is 0 Å². The number of hydrogen-bond donors (Lipinski definition) is 2. The molecule has 0 aromatic carbocycles. The van der Waals surface area contributed by atoms with E-state index in [2.05, 4.69) is 30.8 Å².